The van der Waals surface area contributed by atoms with Gasteiger partial charge in [0.2, 0.25) is 0 Å². The highest BCUT2D eigenvalue weighted by atomic mass is 16.6. The number of aromatic amines is 1. The van der Waals surface area contributed by atoms with Crippen molar-refractivity contribution in [1.29, 1.82) is 0 Å². The minimum absolute atomic E-state index is 0.0174. The highest BCUT2D eigenvalue weighted by Crippen LogP contribution is 2.25. The SMILES string of the molecule is CC(C)(C)OC(=O)N1CC[C@H](n2c(=O)[nH]c3ccccc32)C1. The Morgan fingerprint density at radius 1 is 1.32 bits per heavy atom. The number of carbonyl (C=O) groups is 1. The van der Waals surface area contributed by atoms with Crippen LogP contribution in [0.2, 0.25) is 0 Å². The topological polar surface area (TPSA) is 67.3 Å². The second kappa shape index (κ2) is 5.19. The second-order valence-electron chi connectivity index (χ2n) is 6.69. The zero-order valence-electron chi connectivity index (χ0n) is 13.1. The van der Waals surface area contributed by atoms with E-state index in [1.807, 2.05) is 45.0 Å². The summed E-state index contributed by atoms with van der Waals surface area (Å²) in [6.45, 7) is 6.65. The number of rotatable bonds is 1. The van der Waals surface area contributed by atoms with Crippen LogP contribution in [0, 0.1) is 0 Å². The Bertz CT molecular complexity index is 754. The number of nitrogens with one attached hydrogen (secondary N) is 1. The Hall–Kier alpha value is -2.24. The van der Waals surface area contributed by atoms with Gasteiger partial charge < -0.3 is 14.6 Å². The van der Waals surface area contributed by atoms with Gasteiger partial charge in [0, 0.05) is 13.1 Å². The van der Waals surface area contributed by atoms with E-state index in [1.165, 1.54) is 0 Å². The standard InChI is InChI=1S/C16H21N3O3/c1-16(2,3)22-15(21)18-9-8-11(10-18)19-13-7-5-4-6-12(13)17-14(19)20/h4-7,11H,8-10H2,1-3H3,(H,17,20)/t11-/m0/s1. The largest absolute Gasteiger partial charge is 0.444 e. The van der Waals surface area contributed by atoms with Gasteiger partial charge in [-0.25, -0.2) is 9.59 Å². The highest BCUT2D eigenvalue weighted by Gasteiger charge is 2.32. The first-order valence-electron chi connectivity index (χ1n) is 7.52. The Morgan fingerprint density at radius 2 is 2.05 bits per heavy atom. The average molecular weight is 303 g/mol. The summed E-state index contributed by atoms with van der Waals surface area (Å²) in [5.41, 5.74) is 1.07. The van der Waals surface area contributed by atoms with Crippen molar-refractivity contribution in [1.82, 2.24) is 14.5 Å². The molecule has 2 heterocycles. The van der Waals surface area contributed by atoms with Gasteiger partial charge in [-0.3, -0.25) is 4.57 Å². The van der Waals surface area contributed by atoms with E-state index in [0.717, 1.165) is 17.5 Å². The molecule has 6 nitrogen and oxygen atoms in total. The number of aromatic nitrogens is 2. The third-order valence-electron chi connectivity index (χ3n) is 3.80. The molecule has 1 N–H and O–H groups in total. The Morgan fingerprint density at radius 3 is 2.77 bits per heavy atom. The Labute approximate surface area is 128 Å². The van der Waals surface area contributed by atoms with E-state index < -0.39 is 5.60 Å². The van der Waals surface area contributed by atoms with Gasteiger partial charge in [0.1, 0.15) is 5.60 Å². The summed E-state index contributed by atoms with van der Waals surface area (Å²) in [5.74, 6) is 0. The van der Waals surface area contributed by atoms with Crippen molar-refractivity contribution in [3.63, 3.8) is 0 Å². The van der Waals surface area contributed by atoms with Crippen LogP contribution >= 0.6 is 0 Å². The van der Waals surface area contributed by atoms with Crippen LogP contribution in [0.15, 0.2) is 29.1 Å². The number of benzene rings is 1. The maximum atomic E-state index is 12.2. The minimum Gasteiger partial charge on any atom is -0.444 e. The van der Waals surface area contributed by atoms with Gasteiger partial charge in [-0.15, -0.1) is 0 Å². The number of likely N-dealkylation sites (tertiary alicyclic amines) is 1. The number of hydrogen-bond donors (Lipinski definition) is 1. The van der Waals surface area contributed by atoms with Crippen LogP contribution in [0.25, 0.3) is 11.0 Å². The van der Waals surface area contributed by atoms with Gasteiger partial charge >= 0.3 is 11.8 Å². The van der Waals surface area contributed by atoms with Crippen LogP contribution in [0.1, 0.15) is 33.2 Å². The lowest BCUT2D eigenvalue weighted by molar-refractivity contribution is 0.0289. The van der Waals surface area contributed by atoms with Gasteiger partial charge in [-0.1, -0.05) is 12.1 Å². The number of H-pyrrole nitrogens is 1. The van der Waals surface area contributed by atoms with Crippen LogP contribution in [0.4, 0.5) is 4.79 Å². The Balaban J connectivity index is 1.82. The maximum Gasteiger partial charge on any atom is 0.410 e. The van der Waals surface area contributed by atoms with E-state index >= 15 is 0 Å². The van der Waals surface area contributed by atoms with E-state index in [1.54, 1.807) is 9.47 Å². The summed E-state index contributed by atoms with van der Waals surface area (Å²) >= 11 is 0. The highest BCUT2D eigenvalue weighted by molar-refractivity contribution is 5.75. The summed E-state index contributed by atoms with van der Waals surface area (Å²) < 4.78 is 7.15. The molecule has 3 rings (SSSR count). The fourth-order valence-electron chi connectivity index (χ4n) is 2.88. The molecule has 0 spiro atoms. The molecular formula is C16H21N3O3. The molecule has 118 valence electrons. The molecule has 6 heteroatoms. The molecule has 0 aliphatic carbocycles. The van der Waals surface area contributed by atoms with Gasteiger partial charge in [-0.2, -0.15) is 0 Å². The van der Waals surface area contributed by atoms with E-state index in [4.69, 9.17) is 4.74 Å². The lowest BCUT2D eigenvalue weighted by Gasteiger charge is -2.24. The number of ether oxygens (including phenoxy) is 1. The number of amides is 1. The molecule has 1 atom stereocenters. The monoisotopic (exact) mass is 303 g/mol. The zero-order chi connectivity index (χ0) is 15.9. The average Bonchev–Trinajstić information content (AvgIpc) is 2.99. The molecule has 1 aliphatic heterocycles. The molecule has 1 saturated heterocycles. The number of carbonyl (C=O) groups excluding carboxylic acids is 1. The fraction of sp³-hybridized carbons (Fsp3) is 0.500. The predicted octanol–water partition coefficient (Wildman–Crippen LogP) is 2.51. The molecule has 1 aromatic heterocycles. The first kappa shape index (κ1) is 14.7. The summed E-state index contributed by atoms with van der Waals surface area (Å²) in [4.78, 5) is 28.9. The zero-order valence-corrected chi connectivity index (χ0v) is 13.1. The van der Waals surface area contributed by atoms with Crippen LogP contribution < -0.4 is 5.69 Å². The summed E-state index contributed by atoms with van der Waals surface area (Å²) in [6, 6.07) is 7.59. The lowest BCUT2D eigenvalue weighted by Crippen LogP contribution is -2.36. The Kier molecular flexibility index (Phi) is 3.47. The molecule has 1 aromatic carbocycles. The van der Waals surface area contributed by atoms with E-state index in [0.29, 0.717) is 13.1 Å². The molecule has 0 unspecified atom stereocenters. The van der Waals surface area contributed by atoms with Crippen molar-refractivity contribution < 1.29 is 9.53 Å². The lowest BCUT2D eigenvalue weighted by atomic mass is 10.2. The third kappa shape index (κ3) is 2.73. The van der Waals surface area contributed by atoms with E-state index in [9.17, 15) is 9.59 Å². The van der Waals surface area contributed by atoms with Gasteiger partial charge in [0.15, 0.2) is 0 Å². The molecular weight excluding hydrogens is 282 g/mol. The molecule has 1 amide bonds. The molecule has 22 heavy (non-hydrogen) atoms. The van der Waals surface area contributed by atoms with Crippen LogP contribution in [0.5, 0.6) is 0 Å². The van der Waals surface area contributed by atoms with Crippen molar-refractivity contribution in [3.05, 3.63) is 34.7 Å². The van der Waals surface area contributed by atoms with Gasteiger partial charge in [0.25, 0.3) is 0 Å². The summed E-state index contributed by atoms with van der Waals surface area (Å²) in [7, 11) is 0. The van der Waals surface area contributed by atoms with E-state index in [-0.39, 0.29) is 17.8 Å². The van der Waals surface area contributed by atoms with Crippen molar-refractivity contribution in [2.45, 2.75) is 38.8 Å². The number of nitrogens with zero attached hydrogens (tertiary/aromatic N) is 2. The summed E-state index contributed by atoms with van der Waals surface area (Å²) in [6.07, 6.45) is 0.434. The smallest absolute Gasteiger partial charge is 0.410 e. The minimum atomic E-state index is -0.507. The summed E-state index contributed by atoms with van der Waals surface area (Å²) in [5, 5.41) is 0. The molecule has 0 saturated carbocycles. The van der Waals surface area contributed by atoms with Gasteiger partial charge in [-0.05, 0) is 39.3 Å². The molecule has 1 fully saturated rings. The van der Waals surface area contributed by atoms with Crippen molar-refractivity contribution in [2.75, 3.05) is 13.1 Å². The predicted molar refractivity (Wildman–Crippen MR) is 84.0 cm³/mol. The van der Waals surface area contributed by atoms with Crippen molar-refractivity contribution >= 4 is 17.1 Å². The number of para-hydroxylation sites is 2. The third-order valence-corrected chi connectivity index (χ3v) is 3.80. The molecule has 2 aromatic rings. The quantitative estimate of drug-likeness (QED) is 0.880. The van der Waals surface area contributed by atoms with Crippen molar-refractivity contribution in [2.24, 2.45) is 0 Å². The van der Waals surface area contributed by atoms with Crippen LogP contribution in [0.3, 0.4) is 0 Å². The second-order valence-corrected chi connectivity index (χ2v) is 6.69. The van der Waals surface area contributed by atoms with Crippen LogP contribution in [-0.2, 0) is 4.74 Å². The normalized spacial score (nSPS) is 18.9. The molecule has 0 bridgehead atoms. The first-order valence-corrected chi connectivity index (χ1v) is 7.52. The number of imidazole rings is 1. The number of hydrogen-bond acceptors (Lipinski definition) is 3. The van der Waals surface area contributed by atoms with E-state index in [2.05, 4.69) is 4.98 Å². The number of fused-ring (bicyclic) bond motifs is 1. The van der Waals surface area contributed by atoms with Gasteiger partial charge in [0.05, 0.1) is 17.1 Å². The van der Waals surface area contributed by atoms with Crippen LogP contribution in [-0.4, -0.2) is 39.2 Å². The molecule has 0 radical (unpaired) electrons. The first-order chi connectivity index (χ1) is 10.3. The fourth-order valence-corrected chi connectivity index (χ4v) is 2.88. The van der Waals surface area contributed by atoms with Crippen molar-refractivity contribution in [3.8, 4) is 0 Å². The maximum absolute atomic E-state index is 12.2. The molecule has 1 aliphatic rings.